The molecule has 1 atom stereocenters. The van der Waals surface area contributed by atoms with Gasteiger partial charge in [0, 0.05) is 87.6 Å². The number of phenols is 4. The molecular formula is C80H124N2O10. The Labute approximate surface area is 556 Å². The number of hydrogen-bond donors (Lipinski definition) is 5. The van der Waals surface area contributed by atoms with E-state index >= 15 is 4.79 Å². The number of rotatable bonds is 27. The Hall–Kier alpha value is -6.04. The molecule has 0 aromatic heterocycles. The number of phenolic OH excluding ortho intramolecular Hbond substituents is 4. The summed E-state index contributed by atoms with van der Waals surface area (Å²) in [7, 11) is 0. The van der Waals surface area contributed by atoms with E-state index in [-0.39, 0.29) is 75.3 Å². The number of hydrogen-bond acceptors (Lipinski definition) is 10. The third kappa shape index (κ3) is 23.2. The maximum atomic E-state index is 15.3. The van der Waals surface area contributed by atoms with Crippen LogP contribution in [0.15, 0.2) is 48.5 Å². The molecule has 4 rings (SSSR count). The summed E-state index contributed by atoms with van der Waals surface area (Å²) in [6.07, 6.45) is 13.1. The minimum atomic E-state index is -0.468. The summed E-state index contributed by atoms with van der Waals surface area (Å²) in [5.41, 5.74) is 4.21. The minimum absolute atomic E-state index is 0.0265. The highest BCUT2D eigenvalue weighted by atomic mass is 16.5. The Balaban J connectivity index is 1.54. The Bertz CT molecular complexity index is 3010. The summed E-state index contributed by atoms with van der Waals surface area (Å²) in [5.74, 6) is 0.907. The van der Waals surface area contributed by atoms with Crippen LogP contribution in [0.5, 0.6) is 34.5 Å². The number of nitrogens with zero attached hydrogens (tertiary/aromatic N) is 1. The maximum Gasteiger partial charge on any atom is 0.311 e. The number of benzene rings is 4. The molecule has 514 valence electrons. The zero-order valence-corrected chi connectivity index (χ0v) is 61.8. The van der Waals surface area contributed by atoms with Crippen molar-refractivity contribution in [1.29, 1.82) is 0 Å². The summed E-state index contributed by atoms with van der Waals surface area (Å²) in [6, 6.07) is 14.4. The van der Waals surface area contributed by atoms with Crippen molar-refractivity contribution in [2.45, 2.75) is 338 Å². The average Bonchev–Trinajstić information content (AvgIpc) is 0.798. The predicted octanol–water partition coefficient (Wildman–Crippen LogP) is 20.9. The fraction of sp³-hybridized carbons (Fsp3) is 0.650. The number of amides is 2. The largest absolute Gasteiger partial charge is 0.507 e. The highest BCUT2D eigenvalue weighted by Gasteiger charge is 2.35. The predicted molar refractivity (Wildman–Crippen MR) is 381 cm³/mol. The van der Waals surface area contributed by atoms with Gasteiger partial charge in [0.25, 0.3) is 0 Å². The smallest absolute Gasteiger partial charge is 0.311 e. The van der Waals surface area contributed by atoms with Gasteiger partial charge < -0.3 is 40.1 Å². The highest BCUT2D eigenvalue weighted by Crippen LogP contribution is 2.47. The van der Waals surface area contributed by atoms with Gasteiger partial charge in [0.1, 0.15) is 34.5 Å². The summed E-state index contributed by atoms with van der Waals surface area (Å²) in [4.78, 5) is 58.0. The Kier molecular flexibility index (Phi) is 26.8. The molecule has 2 amide bonds. The number of unbranched alkanes of at least 4 members (excludes halogenated alkanes) is 11. The first kappa shape index (κ1) is 78.4. The Morgan fingerprint density at radius 3 is 0.957 bits per heavy atom. The van der Waals surface area contributed by atoms with E-state index in [0.29, 0.717) is 72.5 Å². The molecule has 12 nitrogen and oxygen atoms in total. The minimum Gasteiger partial charge on any atom is -0.507 e. The van der Waals surface area contributed by atoms with E-state index in [2.05, 4.69) is 88.4 Å². The van der Waals surface area contributed by atoms with Crippen molar-refractivity contribution in [2.75, 3.05) is 10.2 Å². The molecule has 0 heterocycles. The van der Waals surface area contributed by atoms with Gasteiger partial charge in [-0.15, -0.1) is 0 Å². The lowest BCUT2D eigenvalue weighted by molar-refractivity contribution is -0.135. The lowest BCUT2D eigenvalue weighted by atomic mass is 9.79. The fourth-order valence-electron chi connectivity index (χ4n) is 12.1. The SMILES string of the molecule is CC(C)(C)c1cc(NC(=O)CCCCCCCCCCC(=O)N(c2cc(C(C)(C)C)c(O)c(C(C)(C)C)c2)C(CCCCCCCC(=O)Oc2cc(C(C)(C)C)c(O)c(C(C)(C)C)c2)CCC(=O)Oc2cc(C(C)(C)C)c(O)c(C(C)(C)C)c2)cc(C(C)(C)C)c1O. The van der Waals surface area contributed by atoms with E-state index in [4.69, 9.17) is 9.47 Å². The van der Waals surface area contributed by atoms with Crippen molar-refractivity contribution in [3.63, 3.8) is 0 Å². The van der Waals surface area contributed by atoms with E-state index in [1.54, 1.807) is 24.3 Å². The van der Waals surface area contributed by atoms with E-state index in [1.807, 2.05) is 112 Å². The maximum absolute atomic E-state index is 15.3. The van der Waals surface area contributed by atoms with Crippen LogP contribution in [0.3, 0.4) is 0 Å². The quantitative estimate of drug-likeness (QED) is 0.0167. The molecule has 92 heavy (non-hydrogen) atoms. The van der Waals surface area contributed by atoms with Crippen molar-refractivity contribution >= 4 is 35.1 Å². The first-order valence-electron chi connectivity index (χ1n) is 34.6. The van der Waals surface area contributed by atoms with Gasteiger partial charge in [0.05, 0.1) is 0 Å². The van der Waals surface area contributed by atoms with Gasteiger partial charge in [0.2, 0.25) is 11.8 Å². The van der Waals surface area contributed by atoms with Gasteiger partial charge in [-0.05, 0) is 124 Å². The molecule has 0 saturated carbocycles. The van der Waals surface area contributed by atoms with E-state index < -0.39 is 33.7 Å². The molecular weight excluding hydrogens is 1150 g/mol. The molecule has 4 aromatic carbocycles. The Morgan fingerprint density at radius 1 is 0.348 bits per heavy atom. The van der Waals surface area contributed by atoms with Gasteiger partial charge in [-0.2, -0.15) is 0 Å². The first-order valence-corrected chi connectivity index (χ1v) is 34.6. The normalized spacial score (nSPS) is 13.3. The van der Waals surface area contributed by atoms with Gasteiger partial charge >= 0.3 is 11.9 Å². The summed E-state index contributed by atoms with van der Waals surface area (Å²) < 4.78 is 12.1. The van der Waals surface area contributed by atoms with Gasteiger partial charge in [-0.1, -0.05) is 230 Å². The molecule has 0 radical (unpaired) electrons. The molecule has 0 saturated heterocycles. The van der Waals surface area contributed by atoms with Crippen LogP contribution >= 0.6 is 0 Å². The second-order valence-corrected chi connectivity index (χ2v) is 34.6. The lowest BCUT2D eigenvalue weighted by Gasteiger charge is -2.36. The zero-order chi connectivity index (χ0) is 69.9. The topological polar surface area (TPSA) is 183 Å². The van der Waals surface area contributed by atoms with Crippen LogP contribution in [0.2, 0.25) is 0 Å². The molecule has 12 heteroatoms. The van der Waals surface area contributed by atoms with Crippen molar-refractivity contribution in [2.24, 2.45) is 0 Å². The van der Waals surface area contributed by atoms with Crippen molar-refractivity contribution in [1.82, 2.24) is 0 Å². The number of carbonyl (C=O) groups excluding carboxylic acids is 4. The molecule has 0 bridgehead atoms. The molecule has 0 aliphatic heterocycles. The average molecular weight is 1270 g/mol. The van der Waals surface area contributed by atoms with Gasteiger partial charge in [0.15, 0.2) is 0 Å². The standard InChI is InChI=1S/C80H124N2O10/c1-73(2,3)57-44-52(45-58(69(57)87)74(4,5)6)81-65(83)39-35-31-27-25-26-28-32-36-40-66(84)82(54-46-59(75(7,8)9)70(88)60(47-54)76(10,11)12)53(42-43-68(86)92-56-50-63(79(19,20)21)72(90)64(51-56)80(22,23)24)38-34-30-29-33-37-41-67(85)91-55-48-61(77(13,14)15)71(89)62(49-55)78(16,17)18/h44-51,53,87-90H,25-43H2,1-24H3,(H,81,83). The molecule has 1 unspecified atom stereocenters. The highest BCUT2D eigenvalue weighted by molar-refractivity contribution is 5.95. The van der Waals surface area contributed by atoms with Crippen molar-refractivity contribution < 1.29 is 49.1 Å². The van der Waals surface area contributed by atoms with Crippen LogP contribution in [-0.4, -0.2) is 50.2 Å². The number of carbonyl (C=O) groups is 4. The molecule has 5 N–H and O–H groups in total. The second kappa shape index (κ2) is 31.5. The molecule has 0 aliphatic rings. The van der Waals surface area contributed by atoms with Crippen LogP contribution in [-0.2, 0) is 62.5 Å². The van der Waals surface area contributed by atoms with Gasteiger partial charge in [-0.3, -0.25) is 19.2 Å². The number of aromatic hydroxyl groups is 4. The molecule has 0 aliphatic carbocycles. The summed E-state index contributed by atoms with van der Waals surface area (Å²) >= 11 is 0. The number of esters is 2. The van der Waals surface area contributed by atoms with E-state index in [9.17, 15) is 34.8 Å². The van der Waals surface area contributed by atoms with Crippen LogP contribution in [0.1, 0.15) is 333 Å². The second-order valence-electron chi connectivity index (χ2n) is 34.6. The number of anilines is 2. The van der Waals surface area contributed by atoms with E-state index in [1.165, 1.54) is 0 Å². The Morgan fingerprint density at radius 2 is 0.620 bits per heavy atom. The first-order chi connectivity index (χ1) is 42.0. The van der Waals surface area contributed by atoms with E-state index in [0.717, 1.165) is 104 Å². The third-order valence-corrected chi connectivity index (χ3v) is 17.6. The molecule has 0 fully saturated rings. The number of ether oxygens (including phenoxy) is 2. The summed E-state index contributed by atoms with van der Waals surface area (Å²) in [6.45, 7) is 49.1. The zero-order valence-electron chi connectivity index (χ0n) is 61.8. The van der Waals surface area contributed by atoms with Crippen LogP contribution in [0.4, 0.5) is 11.4 Å². The molecule has 0 spiro atoms. The lowest BCUT2D eigenvalue weighted by Crippen LogP contribution is -2.41. The van der Waals surface area contributed by atoms with Crippen molar-refractivity contribution in [3.05, 3.63) is 93.0 Å². The third-order valence-electron chi connectivity index (χ3n) is 17.6. The molecule has 4 aromatic rings. The number of nitrogens with one attached hydrogen (secondary N) is 1. The van der Waals surface area contributed by atoms with Crippen LogP contribution < -0.4 is 19.7 Å². The summed E-state index contributed by atoms with van der Waals surface area (Å²) in [5, 5.41) is 48.9. The van der Waals surface area contributed by atoms with Crippen molar-refractivity contribution in [3.8, 4) is 34.5 Å². The van der Waals surface area contributed by atoms with Crippen LogP contribution in [0, 0.1) is 0 Å². The monoisotopic (exact) mass is 1270 g/mol. The van der Waals surface area contributed by atoms with Crippen LogP contribution in [0.25, 0.3) is 0 Å². The fourth-order valence-corrected chi connectivity index (χ4v) is 12.1. The van der Waals surface area contributed by atoms with Gasteiger partial charge in [-0.25, -0.2) is 0 Å².